The molecular formula is C17H32N2OS. The molecular weight excluding hydrogens is 280 g/mol. The van der Waals surface area contributed by atoms with E-state index < -0.39 is 0 Å². The van der Waals surface area contributed by atoms with E-state index in [0.717, 1.165) is 31.2 Å². The van der Waals surface area contributed by atoms with Gasteiger partial charge in [-0.05, 0) is 57.9 Å². The SMILES string of the molecule is CSCCC(C)N(C)Cc1cc(CNCC(C)C)oc1C. The van der Waals surface area contributed by atoms with Crippen LogP contribution in [-0.2, 0) is 13.1 Å². The Morgan fingerprint density at radius 1 is 1.33 bits per heavy atom. The van der Waals surface area contributed by atoms with E-state index in [1.807, 2.05) is 11.8 Å². The van der Waals surface area contributed by atoms with Crippen LogP contribution >= 0.6 is 11.8 Å². The van der Waals surface area contributed by atoms with Crippen molar-refractivity contribution in [2.24, 2.45) is 5.92 Å². The molecule has 3 nitrogen and oxygen atoms in total. The third-order valence-corrected chi connectivity index (χ3v) is 4.48. The van der Waals surface area contributed by atoms with Gasteiger partial charge in [-0.1, -0.05) is 13.8 Å². The Bertz CT molecular complexity index is 403. The largest absolute Gasteiger partial charge is 0.465 e. The van der Waals surface area contributed by atoms with E-state index in [1.165, 1.54) is 17.7 Å². The topological polar surface area (TPSA) is 28.4 Å². The van der Waals surface area contributed by atoms with Crippen molar-refractivity contribution in [1.82, 2.24) is 10.2 Å². The summed E-state index contributed by atoms with van der Waals surface area (Å²) in [5, 5.41) is 3.44. The third-order valence-electron chi connectivity index (χ3n) is 3.84. The molecule has 0 saturated carbocycles. The Labute approximate surface area is 134 Å². The van der Waals surface area contributed by atoms with Crippen LogP contribution in [0.2, 0.25) is 0 Å². The summed E-state index contributed by atoms with van der Waals surface area (Å²) in [6, 6.07) is 2.81. The highest BCUT2D eigenvalue weighted by molar-refractivity contribution is 7.98. The average molecular weight is 313 g/mol. The van der Waals surface area contributed by atoms with Crippen LogP contribution < -0.4 is 5.32 Å². The molecule has 0 bridgehead atoms. The molecule has 0 saturated heterocycles. The summed E-state index contributed by atoms with van der Waals surface area (Å²) in [7, 11) is 2.20. The first kappa shape index (κ1) is 18.6. The van der Waals surface area contributed by atoms with Crippen molar-refractivity contribution in [2.75, 3.05) is 25.6 Å². The first-order valence-corrected chi connectivity index (χ1v) is 9.31. The van der Waals surface area contributed by atoms with E-state index in [0.29, 0.717) is 12.0 Å². The summed E-state index contributed by atoms with van der Waals surface area (Å²) in [6.07, 6.45) is 3.40. The molecule has 0 radical (unpaired) electrons. The smallest absolute Gasteiger partial charge is 0.118 e. The number of rotatable bonds is 10. The highest BCUT2D eigenvalue weighted by Gasteiger charge is 2.13. The quantitative estimate of drug-likeness (QED) is 0.709. The van der Waals surface area contributed by atoms with Gasteiger partial charge in [0.2, 0.25) is 0 Å². The zero-order valence-corrected chi connectivity index (χ0v) is 15.3. The fourth-order valence-electron chi connectivity index (χ4n) is 2.25. The third kappa shape index (κ3) is 6.90. The molecule has 1 aromatic heterocycles. The van der Waals surface area contributed by atoms with E-state index in [9.17, 15) is 0 Å². The molecule has 0 fully saturated rings. The molecule has 1 rings (SSSR count). The molecule has 1 heterocycles. The number of nitrogens with zero attached hydrogens (tertiary/aromatic N) is 1. The van der Waals surface area contributed by atoms with E-state index in [-0.39, 0.29) is 0 Å². The standard InChI is InChI=1S/C17H32N2OS/c1-13(2)10-18-11-17-9-16(15(4)20-17)12-19(5)14(3)7-8-21-6/h9,13-14,18H,7-8,10-12H2,1-6H3. The van der Waals surface area contributed by atoms with Crippen LogP contribution in [0.5, 0.6) is 0 Å². The molecule has 0 aliphatic carbocycles. The van der Waals surface area contributed by atoms with Gasteiger partial charge in [-0.15, -0.1) is 0 Å². The lowest BCUT2D eigenvalue weighted by atomic mass is 10.2. The van der Waals surface area contributed by atoms with Gasteiger partial charge in [-0.3, -0.25) is 4.90 Å². The van der Waals surface area contributed by atoms with E-state index in [1.54, 1.807) is 0 Å². The van der Waals surface area contributed by atoms with E-state index in [2.05, 4.69) is 57.3 Å². The Hall–Kier alpha value is -0.450. The normalized spacial score (nSPS) is 13.3. The predicted octanol–water partition coefficient (Wildman–Crippen LogP) is 3.91. The first-order chi connectivity index (χ1) is 9.93. The Morgan fingerprint density at radius 2 is 2.05 bits per heavy atom. The Morgan fingerprint density at radius 3 is 2.67 bits per heavy atom. The minimum atomic E-state index is 0.606. The number of furan rings is 1. The van der Waals surface area contributed by atoms with Gasteiger partial charge in [0.15, 0.2) is 0 Å². The first-order valence-electron chi connectivity index (χ1n) is 7.92. The van der Waals surface area contributed by atoms with Crippen molar-refractivity contribution in [3.8, 4) is 0 Å². The molecule has 4 heteroatoms. The van der Waals surface area contributed by atoms with Crippen LogP contribution in [-0.4, -0.2) is 36.5 Å². The molecule has 0 aliphatic heterocycles. The highest BCUT2D eigenvalue weighted by atomic mass is 32.2. The Kier molecular flexibility index (Phi) is 8.45. The summed E-state index contributed by atoms with van der Waals surface area (Å²) in [6.45, 7) is 11.6. The Balaban J connectivity index is 2.49. The average Bonchev–Trinajstić information content (AvgIpc) is 2.75. The van der Waals surface area contributed by atoms with Gasteiger partial charge in [-0.25, -0.2) is 0 Å². The van der Waals surface area contributed by atoms with E-state index >= 15 is 0 Å². The van der Waals surface area contributed by atoms with Crippen LogP contribution in [0.3, 0.4) is 0 Å². The zero-order valence-electron chi connectivity index (χ0n) is 14.5. The second-order valence-electron chi connectivity index (χ2n) is 6.36. The van der Waals surface area contributed by atoms with Crippen LogP contribution in [0.1, 0.15) is 44.3 Å². The lowest BCUT2D eigenvalue weighted by Gasteiger charge is -2.24. The van der Waals surface area contributed by atoms with Crippen molar-refractivity contribution in [1.29, 1.82) is 0 Å². The van der Waals surface area contributed by atoms with Gasteiger partial charge >= 0.3 is 0 Å². The van der Waals surface area contributed by atoms with Gasteiger partial charge in [0.05, 0.1) is 6.54 Å². The maximum Gasteiger partial charge on any atom is 0.118 e. The van der Waals surface area contributed by atoms with Crippen LogP contribution in [0.4, 0.5) is 0 Å². The molecule has 0 spiro atoms. The summed E-state index contributed by atoms with van der Waals surface area (Å²) >= 11 is 1.92. The number of hydrogen-bond acceptors (Lipinski definition) is 4. The second kappa shape index (κ2) is 9.54. The molecule has 1 atom stereocenters. The van der Waals surface area contributed by atoms with Crippen molar-refractivity contribution < 1.29 is 4.42 Å². The van der Waals surface area contributed by atoms with Gasteiger partial charge in [0, 0.05) is 18.2 Å². The predicted molar refractivity (Wildman–Crippen MR) is 93.9 cm³/mol. The maximum atomic E-state index is 5.86. The fraction of sp³-hybridized carbons (Fsp3) is 0.765. The van der Waals surface area contributed by atoms with Gasteiger partial charge in [0.25, 0.3) is 0 Å². The monoisotopic (exact) mass is 312 g/mol. The minimum absolute atomic E-state index is 0.606. The number of thioether (sulfide) groups is 1. The highest BCUT2D eigenvalue weighted by Crippen LogP contribution is 2.18. The molecule has 0 aromatic carbocycles. The molecule has 0 aliphatic rings. The minimum Gasteiger partial charge on any atom is -0.465 e. The molecule has 1 aromatic rings. The number of hydrogen-bond donors (Lipinski definition) is 1. The summed E-state index contributed by atoms with van der Waals surface area (Å²) in [5.74, 6) is 4.00. The summed E-state index contributed by atoms with van der Waals surface area (Å²) in [5.41, 5.74) is 1.31. The number of nitrogens with one attached hydrogen (secondary N) is 1. The fourth-order valence-corrected chi connectivity index (χ4v) is 2.83. The molecule has 0 amide bonds. The molecule has 1 unspecified atom stereocenters. The van der Waals surface area contributed by atoms with Crippen molar-refractivity contribution >= 4 is 11.8 Å². The summed E-state index contributed by atoms with van der Waals surface area (Å²) in [4.78, 5) is 2.42. The zero-order chi connectivity index (χ0) is 15.8. The lowest BCUT2D eigenvalue weighted by Crippen LogP contribution is -2.29. The van der Waals surface area contributed by atoms with Crippen molar-refractivity contribution in [3.05, 3.63) is 23.2 Å². The molecule has 21 heavy (non-hydrogen) atoms. The van der Waals surface area contributed by atoms with Crippen molar-refractivity contribution in [2.45, 2.75) is 53.2 Å². The second-order valence-corrected chi connectivity index (χ2v) is 7.35. The summed E-state index contributed by atoms with van der Waals surface area (Å²) < 4.78 is 5.86. The molecule has 122 valence electrons. The van der Waals surface area contributed by atoms with Gasteiger partial charge in [-0.2, -0.15) is 11.8 Å². The van der Waals surface area contributed by atoms with Crippen LogP contribution in [0.15, 0.2) is 10.5 Å². The van der Waals surface area contributed by atoms with Crippen LogP contribution in [0, 0.1) is 12.8 Å². The van der Waals surface area contributed by atoms with Crippen molar-refractivity contribution in [3.63, 3.8) is 0 Å². The number of aryl methyl sites for hydroxylation is 1. The maximum absolute atomic E-state index is 5.86. The lowest BCUT2D eigenvalue weighted by molar-refractivity contribution is 0.243. The van der Waals surface area contributed by atoms with E-state index in [4.69, 9.17) is 4.42 Å². The van der Waals surface area contributed by atoms with Crippen LogP contribution in [0.25, 0.3) is 0 Å². The van der Waals surface area contributed by atoms with Gasteiger partial charge < -0.3 is 9.73 Å². The van der Waals surface area contributed by atoms with Gasteiger partial charge in [0.1, 0.15) is 11.5 Å². The molecule has 1 N–H and O–H groups in total.